The Hall–Kier alpha value is -2.89. The molecule has 1 heterocycles. The Balaban J connectivity index is 1.32. The molecule has 0 saturated heterocycles. The van der Waals surface area contributed by atoms with Crippen LogP contribution in [0.25, 0.3) is 0 Å². The number of amides is 1. The van der Waals surface area contributed by atoms with E-state index in [1.165, 1.54) is 5.56 Å². The molecule has 0 unspecified atom stereocenters. The van der Waals surface area contributed by atoms with Crippen molar-refractivity contribution in [3.8, 4) is 23.0 Å². The molecule has 2 aromatic rings. The van der Waals surface area contributed by atoms with Gasteiger partial charge in [0.1, 0.15) is 13.2 Å². The third kappa shape index (κ3) is 4.26. The van der Waals surface area contributed by atoms with E-state index >= 15 is 0 Å². The number of carbonyl (C=O) groups is 1. The van der Waals surface area contributed by atoms with E-state index < -0.39 is 0 Å². The van der Waals surface area contributed by atoms with Crippen LogP contribution in [-0.4, -0.2) is 39.9 Å². The molecular formula is C23H27NO5. The van der Waals surface area contributed by atoms with Crippen LogP contribution in [0, 0.1) is 0 Å². The van der Waals surface area contributed by atoms with Gasteiger partial charge in [0.2, 0.25) is 5.91 Å². The first-order valence-electron chi connectivity index (χ1n) is 10.0. The molecule has 0 bridgehead atoms. The first kappa shape index (κ1) is 19.4. The summed E-state index contributed by atoms with van der Waals surface area (Å²) in [6.45, 7) is 1.82. The van der Waals surface area contributed by atoms with Gasteiger partial charge in [0.15, 0.2) is 23.0 Å². The topological polar surface area (TPSA) is 66.0 Å². The van der Waals surface area contributed by atoms with E-state index in [1.54, 1.807) is 14.2 Å². The van der Waals surface area contributed by atoms with Crippen LogP contribution in [-0.2, 0) is 16.6 Å². The summed E-state index contributed by atoms with van der Waals surface area (Å²) in [5.74, 6) is 3.04. The molecule has 2 aromatic carbocycles. The average Bonchev–Trinajstić information content (AvgIpc) is 3.57. The molecule has 6 nitrogen and oxygen atoms in total. The maximum Gasteiger partial charge on any atom is 0.220 e. The van der Waals surface area contributed by atoms with Crippen molar-refractivity contribution in [1.82, 2.24) is 5.32 Å². The predicted molar refractivity (Wildman–Crippen MR) is 109 cm³/mol. The van der Waals surface area contributed by atoms with Crippen LogP contribution in [0.2, 0.25) is 0 Å². The van der Waals surface area contributed by atoms with Crippen LogP contribution in [0.4, 0.5) is 0 Å². The Bertz CT molecular complexity index is 891. The molecular weight excluding hydrogens is 370 g/mol. The molecule has 29 heavy (non-hydrogen) atoms. The molecule has 0 spiro atoms. The summed E-state index contributed by atoms with van der Waals surface area (Å²) in [7, 11) is 3.22. The summed E-state index contributed by atoms with van der Waals surface area (Å²) in [6, 6.07) is 11.9. The molecule has 1 aliphatic heterocycles. The summed E-state index contributed by atoms with van der Waals surface area (Å²) in [4.78, 5) is 12.4. The highest BCUT2D eigenvalue weighted by Crippen LogP contribution is 2.49. The minimum atomic E-state index is 0.0226. The van der Waals surface area contributed by atoms with Crippen molar-refractivity contribution in [2.24, 2.45) is 0 Å². The number of carbonyl (C=O) groups excluding carboxylic acids is 1. The van der Waals surface area contributed by atoms with Crippen molar-refractivity contribution >= 4 is 5.91 Å². The summed E-state index contributed by atoms with van der Waals surface area (Å²) in [6.07, 6.45) is 3.24. The Morgan fingerprint density at radius 1 is 1.00 bits per heavy atom. The van der Waals surface area contributed by atoms with Crippen molar-refractivity contribution in [2.75, 3.05) is 34.0 Å². The molecule has 1 saturated carbocycles. The molecule has 0 radical (unpaired) electrons. The molecule has 0 atom stereocenters. The zero-order valence-corrected chi connectivity index (χ0v) is 17.0. The lowest BCUT2D eigenvalue weighted by Gasteiger charge is -2.22. The van der Waals surface area contributed by atoms with Gasteiger partial charge in [-0.05, 0) is 54.7 Å². The Morgan fingerprint density at radius 3 is 2.48 bits per heavy atom. The first-order chi connectivity index (χ1) is 14.1. The van der Waals surface area contributed by atoms with Gasteiger partial charge in [-0.1, -0.05) is 12.1 Å². The van der Waals surface area contributed by atoms with Crippen molar-refractivity contribution in [2.45, 2.75) is 31.1 Å². The molecule has 154 valence electrons. The van der Waals surface area contributed by atoms with E-state index in [2.05, 4.69) is 17.4 Å². The zero-order valence-electron chi connectivity index (χ0n) is 17.0. The third-order valence-electron chi connectivity index (χ3n) is 5.72. The lowest BCUT2D eigenvalue weighted by atomic mass is 9.95. The molecule has 6 heteroatoms. The van der Waals surface area contributed by atoms with Crippen LogP contribution < -0.4 is 24.3 Å². The lowest BCUT2D eigenvalue weighted by Crippen LogP contribution is -2.32. The van der Waals surface area contributed by atoms with Gasteiger partial charge in [-0.25, -0.2) is 0 Å². The summed E-state index contributed by atoms with van der Waals surface area (Å²) < 4.78 is 21.9. The molecule has 1 fully saturated rings. The number of benzene rings is 2. The number of methoxy groups -OCH3 is 2. The normalized spacial score (nSPS) is 16.1. The fraction of sp³-hybridized carbons (Fsp3) is 0.435. The number of hydrogen-bond donors (Lipinski definition) is 1. The minimum absolute atomic E-state index is 0.0226. The molecule has 1 aliphatic carbocycles. The van der Waals surface area contributed by atoms with E-state index in [-0.39, 0.29) is 11.3 Å². The van der Waals surface area contributed by atoms with Crippen molar-refractivity contribution in [3.63, 3.8) is 0 Å². The number of nitrogens with one attached hydrogen (secondary N) is 1. The van der Waals surface area contributed by atoms with Crippen molar-refractivity contribution in [3.05, 3.63) is 47.5 Å². The maximum atomic E-state index is 12.4. The third-order valence-corrected chi connectivity index (χ3v) is 5.72. The van der Waals surface area contributed by atoms with E-state index in [9.17, 15) is 4.79 Å². The van der Waals surface area contributed by atoms with Gasteiger partial charge in [-0.3, -0.25) is 4.79 Å². The van der Waals surface area contributed by atoms with Crippen LogP contribution >= 0.6 is 0 Å². The standard InChI is InChI=1S/C23H27NO5/c1-26-18-6-3-16(13-20(18)27-2)4-8-22(25)24-15-23(9-10-23)17-5-7-19-21(14-17)29-12-11-28-19/h3,5-7,13-14H,4,8-12,15H2,1-2H3,(H,24,25). The van der Waals surface area contributed by atoms with E-state index in [0.29, 0.717) is 44.1 Å². The fourth-order valence-electron chi connectivity index (χ4n) is 3.74. The molecule has 1 N–H and O–H groups in total. The average molecular weight is 397 g/mol. The first-order valence-corrected chi connectivity index (χ1v) is 10.0. The smallest absolute Gasteiger partial charge is 0.220 e. The highest BCUT2D eigenvalue weighted by Gasteiger charge is 2.44. The summed E-state index contributed by atoms with van der Waals surface area (Å²) in [5.41, 5.74) is 2.28. The quantitative estimate of drug-likeness (QED) is 0.741. The number of aryl methyl sites for hydroxylation is 1. The van der Waals surface area contributed by atoms with Crippen LogP contribution in [0.15, 0.2) is 36.4 Å². The zero-order chi connectivity index (χ0) is 20.3. The largest absolute Gasteiger partial charge is 0.493 e. The highest BCUT2D eigenvalue weighted by atomic mass is 16.6. The fourth-order valence-corrected chi connectivity index (χ4v) is 3.74. The summed E-state index contributed by atoms with van der Waals surface area (Å²) in [5, 5.41) is 3.12. The van der Waals surface area contributed by atoms with Crippen molar-refractivity contribution < 1.29 is 23.7 Å². The lowest BCUT2D eigenvalue weighted by molar-refractivity contribution is -0.121. The van der Waals surface area contributed by atoms with Crippen LogP contribution in [0.1, 0.15) is 30.4 Å². The van der Waals surface area contributed by atoms with Gasteiger partial charge < -0.3 is 24.3 Å². The van der Waals surface area contributed by atoms with Crippen LogP contribution in [0.3, 0.4) is 0 Å². The second-order valence-electron chi connectivity index (χ2n) is 7.60. The molecule has 2 aliphatic rings. The van der Waals surface area contributed by atoms with Gasteiger partial charge in [-0.15, -0.1) is 0 Å². The number of rotatable bonds is 8. The molecule has 1 amide bonds. The van der Waals surface area contributed by atoms with Gasteiger partial charge in [0.25, 0.3) is 0 Å². The Labute approximate surface area is 171 Å². The van der Waals surface area contributed by atoms with Gasteiger partial charge in [-0.2, -0.15) is 0 Å². The number of hydrogen-bond acceptors (Lipinski definition) is 5. The van der Waals surface area contributed by atoms with E-state index in [0.717, 1.165) is 29.9 Å². The SMILES string of the molecule is COc1ccc(CCC(=O)NCC2(c3ccc4c(c3)OCCO4)CC2)cc1OC. The highest BCUT2D eigenvalue weighted by molar-refractivity contribution is 5.76. The monoisotopic (exact) mass is 397 g/mol. The molecule has 4 rings (SSSR count). The van der Waals surface area contributed by atoms with Crippen molar-refractivity contribution in [1.29, 1.82) is 0 Å². The Kier molecular flexibility index (Phi) is 5.51. The number of fused-ring (bicyclic) bond motifs is 1. The van der Waals surface area contributed by atoms with E-state index in [1.807, 2.05) is 24.3 Å². The maximum absolute atomic E-state index is 12.4. The Morgan fingerprint density at radius 2 is 1.76 bits per heavy atom. The number of ether oxygens (including phenoxy) is 4. The van der Waals surface area contributed by atoms with Gasteiger partial charge >= 0.3 is 0 Å². The predicted octanol–water partition coefficient (Wildman–Crippen LogP) is 3.26. The second-order valence-corrected chi connectivity index (χ2v) is 7.60. The minimum Gasteiger partial charge on any atom is -0.493 e. The molecule has 0 aromatic heterocycles. The van der Waals surface area contributed by atoms with Crippen LogP contribution in [0.5, 0.6) is 23.0 Å². The van der Waals surface area contributed by atoms with E-state index in [4.69, 9.17) is 18.9 Å². The summed E-state index contributed by atoms with van der Waals surface area (Å²) >= 11 is 0. The van der Waals surface area contributed by atoms with Gasteiger partial charge in [0.05, 0.1) is 14.2 Å². The second kappa shape index (κ2) is 8.23. The van der Waals surface area contributed by atoms with Gasteiger partial charge in [0, 0.05) is 18.4 Å².